The second-order valence-corrected chi connectivity index (χ2v) is 6.99. The van der Waals surface area contributed by atoms with E-state index in [1.165, 1.54) is 36.0 Å². The Kier molecular flexibility index (Phi) is 5.80. The first-order chi connectivity index (χ1) is 13.0. The lowest BCUT2D eigenvalue weighted by Gasteiger charge is -2.12. The molecule has 3 rings (SSSR count). The second kappa shape index (κ2) is 8.26. The van der Waals surface area contributed by atoms with Crippen molar-refractivity contribution < 1.29 is 18.3 Å². The van der Waals surface area contributed by atoms with E-state index in [-0.39, 0.29) is 11.5 Å². The van der Waals surface area contributed by atoms with Crippen molar-refractivity contribution in [3.05, 3.63) is 59.7 Å². The summed E-state index contributed by atoms with van der Waals surface area (Å²) >= 11 is 1.22. The largest absolute Gasteiger partial charge is 0.435 e. The number of nitrogens with zero attached hydrogens (tertiary/aromatic N) is 4. The van der Waals surface area contributed by atoms with E-state index in [0.29, 0.717) is 10.7 Å². The number of hydrogen-bond acceptors (Lipinski definition) is 6. The Morgan fingerprint density at radius 2 is 1.85 bits per heavy atom. The van der Waals surface area contributed by atoms with Gasteiger partial charge in [-0.1, -0.05) is 30.0 Å². The molecule has 0 aliphatic heterocycles. The molecule has 0 bridgehead atoms. The van der Waals surface area contributed by atoms with E-state index >= 15 is 0 Å². The summed E-state index contributed by atoms with van der Waals surface area (Å²) in [7, 11) is 0. The average Bonchev–Trinajstić information content (AvgIpc) is 3.09. The van der Waals surface area contributed by atoms with Gasteiger partial charge in [-0.25, -0.2) is 0 Å². The van der Waals surface area contributed by atoms with Crippen molar-refractivity contribution in [2.75, 3.05) is 0 Å². The molecule has 0 N–H and O–H groups in total. The van der Waals surface area contributed by atoms with Gasteiger partial charge in [0.15, 0.2) is 5.78 Å². The SMILES string of the molecule is Cc1ccccc1-n1nnnc1S[C@H](C)C(=O)c1ccc(OC(F)F)cc1. The minimum Gasteiger partial charge on any atom is -0.435 e. The Morgan fingerprint density at radius 1 is 1.15 bits per heavy atom. The molecule has 9 heteroatoms. The van der Waals surface area contributed by atoms with Crippen LogP contribution in [0.2, 0.25) is 0 Å². The molecule has 0 saturated heterocycles. The summed E-state index contributed by atoms with van der Waals surface area (Å²) in [5.74, 6) is -0.159. The summed E-state index contributed by atoms with van der Waals surface area (Å²) in [6.07, 6.45) is 0. The molecule has 1 aromatic heterocycles. The molecule has 1 atom stereocenters. The summed E-state index contributed by atoms with van der Waals surface area (Å²) in [6.45, 7) is 0.789. The van der Waals surface area contributed by atoms with Crippen LogP contribution >= 0.6 is 11.8 Å². The van der Waals surface area contributed by atoms with Crippen LogP contribution in [-0.2, 0) is 0 Å². The molecule has 140 valence electrons. The monoisotopic (exact) mass is 390 g/mol. The van der Waals surface area contributed by atoms with Gasteiger partial charge in [0.25, 0.3) is 0 Å². The number of aryl methyl sites for hydroxylation is 1. The van der Waals surface area contributed by atoms with Gasteiger partial charge in [-0.3, -0.25) is 4.79 Å². The third-order valence-electron chi connectivity index (χ3n) is 3.80. The van der Waals surface area contributed by atoms with Crippen molar-refractivity contribution in [1.29, 1.82) is 0 Å². The van der Waals surface area contributed by atoms with Crippen LogP contribution in [0.5, 0.6) is 5.75 Å². The number of aromatic nitrogens is 4. The maximum atomic E-state index is 12.6. The van der Waals surface area contributed by atoms with Crippen molar-refractivity contribution in [3.8, 4) is 11.4 Å². The second-order valence-electron chi connectivity index (χ2n) is 5.69. The van der Waals surface area contributed by atoms with Gasteiger partial charge >= 0.3 is 6.61 Å². The van der Waals surface area contributed by atoms with Gasteiger partial charge in [0.05, 0.1) is 10.9 Å². The number of Topliss-reactive ketones (excluding diaryl/α,β-unsaturated/α-hetero) is 1. The number of carbonyl (C=O) groups excluding carboxylic acids is 1. The van der Waals surface area contributed by atoms with E-state index in [9.17, 15) is 13.6 Å². The fraction of sp³-hybridized carbons (Fsp3) is 0.222. The maximum Gasteiger partial charge on any atom is 0.387 e. The molecule has 3 aromatic rings. The van der Waals surface area contributed by atoms with Crippen molar-refractivity contribution in [2.45, 2.75) is 30.9 Å². The van der Waals surface area contributed by atoms with Crippen LogP contribution in [0.15, 0.2) is 53.7 Å². The fourth-order valence-electron chi connectivity index (χ4n) is 2.45. The number of halogens is 2. The lowest BCUT2D eigenvalue weighted by Crippen LogP contribution is -2.15. The zero-order valence-electron chi connectivity index (χ0n) is 14.5. The molecule has 27 heavy (non-hydrogen) atoms. The van der Waals surface area contributed by atoms with Crippen molar-refractivity contribution in [1.82, 2.24) is 20.2 Å². The third-order valence-corrected chi connectivity index (χ3v) is 4.83. The first-order valence-corrected chi connectivity index (χ1v) is 8.94. The number of hydrogen-bond donors (Lipinski definition) is 0. The molecule has 0 aliphatic carbocycles. The first kappa shape index (κ1) is 19.0. The molecular formula is C18H16F2N4O2S. The summed E-state index contributed by atoms with van der Waals surface area (Å²) < 4.78 is 30.3. The molecule has 0 saturated carbocycles. The number of benzene rings is 2. The average molecular weight is 390 g/mol. The molecule has 0 amide bonds. The zero-order chi connectivity index (χ0) is 19.4. The van der Waals surface area contributed by atoms with Gasteiger partial charge in [-0.05, 0) is 60.2 Å². The molecule has 2 aromatic carbocycles. The molecule has 0 fully saturated rings. The Morgan fingerprint density at radius 3 is 2.52 bits per heavy atom. The van der Waals surface area contributed by atoms with E-state index in [1.54, 1.807) is 11.6 Å². The smallest absolute Gasteiger partial charge is 0.387 e. The number of para-hydroxylation sites is 1. The van der Waals surface area contributed by atoms with Crippen molar-refractivity contribution in [3.63, 3.8) is 0 Å². The van der Waals surface area contributed by atoms with E-state index in [0.717, 1.165) is 11.3 Å². The number of ketones is 1. The van der Waals surface area contributed by atoms with E-state index in [2.05, 4.69) is 20.3 Å². The summed E-state index contributed by atoms with van der Waals surface area (Å²) in [5, 5.41) is 11.7. The van der Waals surface area contributed by atoms with Crippen LogP contribution < -0.4 is 4.74 Å². The Balaban J connectivity index is 1.74. The molecular weight excluding hydrogens is 374 g/mol. The lowest BCUT2D eigenvalue weighted by molar-refractivity contribution is -0.0498. The van der Waals surface area contributed by atoms with Gasteiger partial charge in [0, 0.05) is 5.56 Å². The topological polar surface area (TPSA) is 69.9 Å². The van der Waals surface area contributed by atoms with Gasteiger partial charge in [0.2, 0.25) is 5.16 Å². The standard InChI is InChI=1S/C18H16F2N4O2S/c1-11-5-3-4-6-15(11)24-18(21-22-23-24)27-12(2)16(25)13-7-9-14(10-8-13)26-17(19)20/h3-10,12,17H,1-2H3/t12-/m1/s1. The highest BCUT2D eigenvalue weighted by Crippen LogP contribution is 2.27. The first-order valence-electron chi connectivity index (χ1n) is 8.06. The third kappa shape index (κ3) is 4.48. The lowest BCUT2D eigenvalue weighted by atomic mass is 10.1. The summed E-state index contributed by atoms with van der Waals surface area (Å²) in [5.41, 5.74) is 2.23. The highest BCUT2D eigenvalue weighted by molar-refractivity contribution is 8.00. The number of tetrazole rings is 1. The molecule has 0 radical (unpaired) electrons. The Labute approximate surface area is 158 Å². The molecule has 1 heterocycles. The predicted molar refractivity (Wildman–Crippen MR) is 96.6 cm³/mol. The van der Waals surface area contributed by atoms with Crippen molar-refractivity contribution in [2.24, 2.45) is 0 Å². The van der Waals surface area contributed by atoms with E-state index < -0.39 is 11.9 Å². The van der Waals surface area contributed by atoms with Crippen molar-refractivity contribution >= 4 is 17.5 Å². The quantitative estimate of drug-likeness (QED) is 0.450. The summed E-state index contributed by atoms with van der Waals surface area (Å²) in [6, 6.07) is 13.2. The fourth-order valence-corrected chi connectivity index (χ4v) is 3.33. The Hall–Kier alpha value is -2.81. The van der Waals surface area contributed by atoms with Crippen LogP contribution in [0.1, 0.15) is 22.8 Å². The van der Waals surface area contributed by atoms with Gasteiger partial charge in [-0.15, -0.1) is 5.10 Å². The predicted octanol–water partition coefficient (Wildman–Crippen LogP) is 3.94. The minimum absolute atomic E-state index is 0.00496. The van der Waals surface area contributed by atoms with E-state index in [4.69, 9.17) is 0 Å². The number of alkyl halides is 2. The molecule has 0 aliphatic rings. The van der Waals surface area contributed by atoms with Gasteiger partial charge in [0.1, 0.15) is 5.75 Å². The van der Waals surface area contributed by atoms with Crippen LogP contribution in [0, 0.1) is 6.92 Å². The molecule has 0 spiro atoms. The van der Waals surface area contributed by atoms with Crippen LogP contribution in [-0.4, -0.2) is 37.9 Å². The van der Waals surface area contributed by atoms with E-state index in [1.807, 2.05) is 31.2 Å². The van der Waals surface area contributed by atoms with Crippen LogP contribution in [0.25, 0.3) is 5.69 Å². The molecule has 0 unspecified atom stereocenters. The Bertz CT molecular complexity index is 931. The number of thioether (sulfide) groups is 1. The number of ether oxygens (including phenoxy) is 1. The molecule has 6 nitrogen and oxygen atoms in total. The number of rotatable bonds is 7. The maximum absolute atomic E-state index is 12.6. The van der Waals surface area contributed by atoms with Gasteiger partial charge in [-0.2, -0.15) is 13.5 Å². The normalized spacial score (nSPS) is 12.2. The van der Waals surface area contributed by atoms with Gasteiger partial charge < -0.3 is 4.74 Å². The van der Waals surface area contributed by atoms with Crippen LogP contribution in [0.3, 0.4) is 0 Å². The highest BCUT2D eigenvalue weighted by atomic mass is 32.2. The minimum atomic E-state index is -2.90. The number of carbonyl (C=O) groups is 1. The van der Waals surface area contributed by atoms with Crippen LogP contribution in [0.4, 0.5) is 8.78 Å². The summed E-state index contributed by atoms with van der Waals surface area (Å²) in [4.78, 5) is 12.6. The zero-order valence-corrected chi connectivity index (χ0v) is 15.4. The highest BCUT2D eigenvalue weighted by Gasteiger charge is 2.21.